The van der Waals surface area contributed by atoms with Crippen molar-refractivity contribution in [1.82, 2.24) is 14.7 Å². The fourth-order valence-corrected chi connectivity index (χ4v) is 3.04. The lowest BCUT2D eigenvalue weighted by molar-refractivity contribution is 0.103. The van der Waals surface area contributed by atoms with Crippen LogP contribution in [0.15, 0.2) is 65.7 Å². The van der Waals surface area contributed by atoms with E-state index in [1.54, 1.807) is 12.4 Å². The molecule has 1 N–H and O–H groups in total. The maximum atomic E-state index is 12.4. The number of halogens is 1. The molecule has 2 aromatic heterocycles. The number of aliphatic imine (C=N–C) groups is 1. The minimum absolute atomic E-state index is 0.0884. The van der Waals surface area contributed by atoms with Crippen LogP contribution in [0.25, 0.3) is 16.9 Å². The van der Waals surface area contributed by atoms with Crippen LogP contribution in [0.3, 0.4) is 0 Å². The number of carbonyl (C=O) groups excluding carboxylic acids is 1. The molecule has 1 aromatic carbocycles. The van der Waals surface area contributed by atoms with Gasteiger partial charge in [0.15, 0.2) is 0 Å². The van der Waals surface area contributed by atoms with Gasteiger partial charge in [0.05, 0.1) is 5.69 Å². The number of aromatic nitrogens is 2. The molecule has 1 aliphatic rings. The topological polar surface area (TPSA) is 58.8 Å². The number of carbonyl (C=O) groups is 1. The summed E-state index contributed by atoms with van der Waals surface area (Å²) in [7, 11) is 0. The first-order valence-electron chi connectivity index (χ1n) is 7.46. The Morgan fingerprint density at radius 1 is 1.12 bits per heavy atom. The standard InChI is InChI=1S/C18H13IN4O/c19-14-5-6-17-22-16(11-23(17)10-14)12-1-3-13(4-2-12)18(24)15-9-20-7-8-21-15/h1-6,8-11,20H,7H2. The van der Waals surface area contributed by atoms with Crippen LogP contribution in [0.5, 0.6) is 0 Å². The SMILES string of the molecule is O=C(C1=CNCC=N1)c1ccc(-c2cn3cc(I)ccc3n2)cc1. The van der Waals surface area contributed by atoms with Crippen LogP contribution in [0.4, 0.5) is 0 Å². The van der Waals surface area contributed by atoms with E-state index in [2.05, 4.69) is 37.9 Å². The van der Waals surface area contributed by atoms with Gasteiger partial charge in [-0.3, -0.25) is 9.79 Å². The number of ketones is 1. The van der Waals surface area contributed by atoms with Crippen molar-refractivity contribution in [2.24, 2.45) is 4.99 Å². The van der Waals surface area contributed by atoms with Crippen LogP contribution in [0.2, 0.25) is 0 Å². The molecule has 0 saturated heterocycles. The monoisotopic (exact) mass is 428 g/mol. The highest BCUT2D eigenvalue weighted by Gasteiger charge is 2.13. The Kier molecular flexibility index (Phi) is 3.89. The molecule has 0 saturated carbocycles. The number of imidazole rings is 1. The highest BCUT2D eigenvalue weighted by atomic mass is 127. The lowest BCUT2D eigenvalue weighted by atomic mass is 10.0. The molecule has 0 atom stereocenters. The van der Waals surface area contributed by atoms with Gasteiger partial charge in [-0.1, -0.05) is 24.3 Å². The Morgan fingerprint density at radius 2 is 1.96 bits per heavy atom. The predicted octanol–water partition coefficient (Wildman–Crippen LogP) is 3.30. The van der Waals surface area contributed by atoms with Crippen LogP contribution in [-0.2, 0) is 0 Å². The van der Waals surface area contributed by atoms with Crippen LogP contribution in [-0.4, -0.2) is 27.9 Å². The average Bonchev–Trinajstić information content (AvgIpc) is 3.05. The average molecular weight is 428 g/mol. The summed E-state index contributed by atoms with van der Waals surface area (Å²) in [5, 5.41) is 3.00. The van der Waals surface area contributed by atoms with E-state index < -0.39 is 0 Å². The van der Waals surface area contributed by atoms with Crippen molar-refractivity contribution in [3.63, 3.8) is 0 Å². The summed E-state index contributed by atoms with van der Waals surface area (Å²) in [6.07, 6.45) is 7.37. The number of rotatable bonds is 3. The van der Waals surface area contributed by atoms with Gasteiger partial charge in [0.1, 0.15) is 11.3 Å². The fraction of sp³-hybridized carbons (Fsp3) is 0.0556. The van der Waals surface area contributed by atoms with Gasteiger partial charge >= 0.3 is 0 Å². The third-order valence-electron chi connectivity index (χ3n) is 3.77. The normalized spacial score (nSPS) is 13.6. The number of nitrogens with one attached hydrogen (secondary N) is 1. The first-order chi connectivity index (χ1) is 11.7. The Hall–Kier alpha value is -2.48. The molecule has 3 heterocycles. The van der Waals surface area contributed by atoms with E-state index in [0.29, 0.717) is 17.8 Å². The molecule has 6 heteroatoms. The van der Waals surface area contributed by atoms with Crippen LogP contribution in [0.1, 0.15) is 10.4 Å². The van der Waals surface area contributed by atoms with Crippen molar-refractivity contribution < 1.29 is 4.79 Å². The Morgan fingerprint density at radius 3 is 2.71 bits per heavy atom. The van der Waals surface area contributed by atoms with Gasteiger partial charge in [-0.15, -0.1) is 0 Å². The third kappa shape index (κ3) is 2.84. The van der Waals surface area contributed by atoms with E-state index in [0.717, 1.165) is 20.5 Å². The van der Waals surface area contributed by atoms with E-state index in [-0.39, 0.29) is 5.78 Å². The van der Waals surface area contributed by atoms with Crippen LogP contribution in [0, 0.1) is 3.57 Å². The number of hydrogen-bond acceptors (Lipinski definition) is 4. The maximum Gasteiger partial charge on any atom is 0.212 e. The lowest BCUT2D eigenvalue weighted by Gasteiger charge is -2.07. The van der Waals surface area contributed by atoms with E-state index in [1.807, 2.05) is 53.2 Å². The quantitative estimate of drug-likeness (QED) is 0.515. The molecular weight excluding hydrogens is 415 g/mol. The summed E-state index contributed by atoms with van der Waals surface area (Å²) in [5.41, 5.74) is 3.80. The number of nitrogens with zero attached hydrogens (tertiary/aromatic N) is 3. The maximum absolute atomic E-state index is 12.4. The summed E-state index contributed by atoms with van der Waals surface area (Å²) < 4.78 is 3.16. The molecular formula is C18H13IN4O. The van der Waals surface area contributed by atoms with Crippen molar-refractivity contribution in [1.29, 1.82) is 0 Å². The minimum atomic E-state index is -0.0884. The van der Waals surface area contributed by atoms with Crippen molar-refractivity contribution in [3.8, 4) is 11.3 Å². The van der Waals surface area contributed by atoms with Crippen LogP contribution >= 0.6 is 22.6 Å². The second kappa shape index (κ2) is 6.20. The third-order valence-corrected chi connectivity index (χ3v) is 4.41. The molecule has 0 unspecified atom stereocenters. The van der Waals surface area contributed by atoms with Crippen molar-refractivity contribution in [2.75, 3.05) is 6.54 Å². The Labute approximate surface area is 152 Å². The van der Waals surface area contributed by atoms with Gasteiger partial charge < -0.3 is 9.72 Å². The van der Waals surface area contributed by atoms with E-state index in [1.165, 1.54) is 0 Å². The number of hydrogen-bond donors (Lipinski definition) is 1. The molecule has 24 heavy (non-hydrogen) atoms. The number of allylic oxidation sites excluding steroid dienone is 1. The Bertz CT molecular complexity index is 986. The zero-order valence-corrected chi connectivity index (χ0v) is 14.8. The molecule has 1 aliphatic heterocycles. The molecule has 0 bridgehead atoms. The van der Waals surface area contributed by atoms with Gasteiger partial charge in [-0.25, -0.2) is 4.98 Å². The summed E-state index contributed by atoms with van der Waals surface area (Å²) in [5.74, 6) is -0.0884. The van der Waals surface area contributed by atoms with Gasteiger partial charge in [0.2, 0.25) is 5.78 Å². The number of pyridine rings is 1. The first kappa shape index (κ1) is 15.1. The zero-order chi connectivity index (χ0) is 16.5. The molecule has 0 aliphatic carbocycles. The predicted molar refractivity (Wildman–Crippen MR) is 102 cm³/mol. The molecule has 118 valence electrons. The summed E-state index contributed by atoms with van der Waals surface area (Å²) in [4.78, 5) is 21.1. The first-order valence-corrected chi connectivity index (χ1v) is 8.54. The van der Waals surface area contributed by atoms with E-state index in [4.69, 9.17) is 0 Å². The van der Waals surface area contributed by atoms with Crippen LogP contribution < -0.4 is 5.32 Å². The van der Waals surface area contributed by atoms with Crippen molar-refractivity contribution >= 4 is 40.2 Å². The van der Waals surface area contributed by atoms with Gasteiger partial charge in [-0.05, 0) is 34.7 Å². The van der Waals surface area contributed by atoms with Crippen molar-refractivity contribution in [2.45, 2.75) is 0 Å². The molecule has 3 aromatic rings. The summed E-state index contributed by atoms with van der Waals surface area (Å²) in [6, 6.07) is 11.5. The second-order valence-electron chi connectivity index (χ2n) is 5.39. The number of fused-ring (bicyclic) bond motifs is 1. The smallest absolute Gasteiger partial charge is 0.212 e. The molecule has 5 nitrogen and oxygen atoms in total. The highest BCUT2D eigenvalue weighted by molar-refractivity contribution is 14.1. The largest absolute Gasteiger partial charge is 0.384 e. The van der Waals surface area contributed by atoms with Gasteiger partial charge in [0, 0.05) is 46.1 Å². The molecule has 0 amide bonds. The number of Topliss-reactive ketones (excluding diaryl/α,β-unsaturated/α-hetero) is 1. The van der Waals surface area contributed by atoms with Gasteiger partial charge in [0.25, 0.3) is 0 Å². The van der Waals surface area contributed by atoms with Gasteiger partial charge in [-0.2, -0.15) is 0 Å². The molecule has 4 rings (SSSR count). The summed E-state index contributed by atoms with van der Waals surface area (Å²) >= 11 is 2.28. The number of benzene rings is 1. The van der Waals surface area contributed by atoms with E-state index in [9.17, 15) is 4.79 Å². The Balaban J connectivity index is 1.64. The van der Waals surface area contributed by atoms with Crippen molar-refractivity contribution in [3.05, 3.63) is 69.8 Å². The minimum Gasteiger partial charge on any atom is -0.384 e. The highest BCUT2D eigenvalue weighted by Crippen LogP contribution is 2.21. The van der Waals surface area contributed by atoms with E-state index >= 15 is 0 Å². The molecule has 0 radical (unpaired) electrons. The fourth-order valence-electron chi connectivity index (χ4n) is 2.56. The summed E-state index contributed by atoms with van der Waals surface area (Å²) in [6.45, 7) is 0.655. The second-order valence-corrected chi connectivity index (χ2v) is 6.64. The lowest BCUT2D eigenvalue weighted by Crippen LogP contribution is -2.17. The molecule has 0 spiro atoms. The zero-order valence-electron chi connectivity index (χ0n) is 12.6. The molecule has 0 fully saturated rings.